The number of ether oxygens (including phenoxy) is 2. The summed E-state index contributed by atoms with van der Waals surface area (Å²) in [6.07, 6.45) is 2.88. The van der Waals surface area contributed by atoms with Crippen LogP contribution in [-0.2, 0) is 7.05 Å². The van der Waals surface area contributed by atoms with Gasteiger partial charge in [0.25, 0.3) is 0 Å². The van der Waals surface area contributed by atoms with Crippen LogP contribution in [0.15, 0.2) is 59.7 Å². The van der Waals surface area contributed by atoms with Crippen molar-refractivity contribution in [3.63, 3.8) is 0 Å². The third-order valence-electron chi connectivity index (χ3n) is 5.46. The summed E-state index contributed by atoms with van der Waals surface area (Å²) in [4.78, 5) is 32.3. The molecule has 0 radical (unpaired) electrons. The Balaban J connectivity index is 1.65. The third kappa shape index (κ3) is 4.79. The molecule has 0 unspecified atom stereocenters. The van der Waals surface area contributed by atoms with E-state index in [9.17, 15) is 28.1 Å². The van der Waals surface area contributed by atoms with Gasteiger partial charge in [-0.25, -0.2) is 18.3 Å². The van der Waals surface area contributed by atoms with Crippen LogP contribution in [0.1, 0.15) is 0 Å². The van der Waals surface area contributed by atoms with Gasteiger partial charge in [-0.15, -0.1) is 0 Å². The number of nitro groups is 1. The van der Waals surface area contributed by atoms with Crippen molar-refractivity contribution in [2.75, 3.05) is 12.4 Å². The summed E-state index contributed by atoms with van der Waals surface area (Å²) >= 11 is 0. The summed E-state index contributed by atoms with van der Waals surface area (Å²) in [5.41, 5.74) is -1.55. The van der Waals surface area contributed by atoms with E-state index in [1.54, 1.807) is 13.2 Å². The number of methoxy groups -OCH3 is 1. The van der Waals surface area contributed by atoms with Gasteiger partial charge in [-0.05, 0) is 18.2 Å². The van der Waals surface area contributed by atoms with Crippen LogP contribution in [0, 0.1) is 27.6 Å². The van der Waals surface area contributed by atoms with Gasteiger partial charge >= 0.3 is 11.2 Å². The Kier molecular flexibility index (Phi) is 6.31. The lowest BCUT2D eigenvalue weighted by Crippen LogP contribution is -2.22. The number of nitrogens with zero attached hydrogens (tertiary/aromatic N) is 6. The van der Waals surface area contributed by atoms with E-state index in [0.717, 1.165) is 28.8 Å². The molecule has 0 spiro atoms. The van der Waals surface area contributed by atoms with Crippen molar-refractivity contribution in [1.29, 1.82) is 0 Å². The summed E-state index contributed by atoms with van der Waals surface area (Å²) in [5.74, 6) is -3.69. The van der Waals surface area contributed by atoms with Gasteiger partial charge in [-0.1, -0.05) is 0 Å². The quantitative estimate of drug-likeness (QED) is 0.236. The number of hydrogen-bond donors (Lipinski definition) is 1. The molecule has 198 valence electrons. The smallest absolute Gasteiger partial charge is 0.307 e. The first-order valence-electron chi connectivity index (χ1n) is 11.0. The molecule has 0 aliphatic rings. The average molecular weight is 539 g/mol. The van der Waals surface area contributed by atoms with Crippen molar-refractivity contribution in [2.24, 2.45) is 7.05 Å². The van der Waals surface area contributed by atoms with Crippen molar-refractivity contribution in [2.45, 2.75) is 0 Å². The molecule has 39 heavy (non-hydrogen) atoms. The lowest BCUT2D eigenvalue weighted by molar-refractivity contribution is -0.387. The minimum absolute atomic E-state index is 0.0107. The Labute approximate surface area is 216 Å². The monoisotopic (exact) mass is 539 g/mol. The summed E-state index contributed by atoms with van der Waals surface area (Å²) in [6, 6.07) is 7.18. The molecule has 0 fully saturated rings. The number of nitrogens with one attached hydrogen (secondary N) is 1. The highest BCUT2D eigenvalue weighted by Gasteiger charge is 2.21. The number of anilines is 2. The Bertz CT molecular complexity index is 1820. The fourth-order valence-corrected chi connectivity index (χ4v) is 3.69. The van der Waals surface area contributed by atoms with Crippen LogP contribution in [-0.4, -0.2) is 36.3 Å². The van der Waals surface area contributed by atoms with Crippen LogP contribution in [0.5, 0.6) is 17.2 Å². The third-order valence-corrected chi connectivity index (χ3v) is 5.46. The molecule has 0 saturated carbocycles. The molecule has 0 aliphatic carbocycles. The van der Waals surface area contributed by atoms with Crippen LogP contribution < -0.4 is 20.3 Å². The number of rotatable bonds is 7. The van der Waals surface area contributed by atoms with E-state index in [0.29, 0.717) is 6.07 Å². The fourth-order valence-electron chi connectivity index (χ4n) is 3.69. The molecular weight excluding hydrogens is 523 g/mol. The molecule has 5 rings (SSSR count). The van der Waals surface area contributed by atoms with Gasteiger partial charge in [0, 0.05) is 49.1 Å². The number of hydrogen-bond acceptors (Lipinski definition) is 9. The molecular formula is C24H16F3N7O5. The maximum absolute atomic E-state index is 14.2. The number of pyridine rings is 1. The molecule has 0 atom stereocenters. The van der Waals surface area contributed by atoms with Gasteiger partial charge in [0.2, 0.25) is 11.8 Å². The van der Waals surface area contributed by atoms with E-state index in [2.05, 4.69) is 20.4 Å². The van der Waals surface area contributed by atoms with Crippen LogP contribution in [0.2, 0.25) is 0 Å². The molecule has 3 aromatic heterocycles. The zero-order valence-electron chi connectivity index (χ0n) is 20.1. The minimum atomic E-state index is -1.10. The van der Waals surface area contributed by atoms with E-state index in [1.165, 1.54) is 30.1 Å². The topological polar surface area (TPSA) is 139 Å². The van der Waals surface area contributed by atoms with Crippen LogP contribution >= 0.6 is 0 Å². The largest absolute Gasteiger partial charge is 0.494 e. The van der Waals surface area contributed by atoms with E-state index in [4.69, 9.17) is 9.47 Å². The number of aromatic nitrogens is 5. The Hall–Kier alpha value is -5.47. The van der Waals surface area contributed by atoms with Crippen molar-refractivity contribution < 1.29 is 27.6 Å². The predicted molar refractivity (Wildman–Crippen MR) is 131 cm³/mol. The second-order valence-electron chi connectivity index (χ2n) is 8.03. The predicted octanol–water partition coefficient (Wildman–Crippen LogP) is 4.38. The molecule has 2 aromatic carbocycles. The summed E-state index contributed by atoms with van der Waals surface area (Å²) in [6.45, 7) is 0. The van der Waals surface area contributed by atoms with Gasteiger partial charge < -0.3 is 14.8 Å². The van der Waals surface area contributed by atoms with E-state index < -0.39 is 33.6 Å². The molecule has 0 aliphatic heterocycles. The van der Waals surface area contributed by atoms with Gasteiger partial charge in [0.1, 0.15) is 11.6 Å². The van der Waals surface area contributed by atoms with Gasteiger partial charge in [0.15, 0.2) is 28.8 Å². The van der Waals surface area contributed by atoms with Crippen LogP contribution in [0.3, 0.4) is 0 Å². The zero-order valence-corrected chi connectivity index (χ0v) is 20.1. The Morgan fingerprint density at radius 3 is 2.49 bits per heavy atom. The van der Waals surface area contributed by atoms with Crippen LogP contribution in [0.4, 0.5) is 30.5 Å². The molecule has 5 aromatic rings. The second kappa shape index (κ2) is 9.77. The van der Waals surface area contributed by atoms with Crippen molar-refractivity contribution in [3.8, 4) is 23.1 Å². The van der Waals surface area contributed by atoms with E-state index in [-0.39, 0.29) is 45.7 Å². The maximum atomic E-state index is 14.2. The number of aryl methyl sites for hydroxylation is 1. The fraction of sp³-hybridized carbons (Fsp3) is 0.0833. The molecule has 1 N–H and O–H groups in total. The Morgan fingerprint density at radius 2 is 1.82 bits per heavy atom. The van der Waals surface area contributed by atoms with Crippen molar-refractivity contribution >= 4 is 28.4 Å². The van der Waals surface area contributed by atoms with Crippen molar-refractivity contribution in [1.82, 2.24) is 24.3 Å². The maximum Gasteiger partial charge on any atom is 0.307 e. The molecule has 0 amide bonds. The summed E-state index contributed by atoms with van der Waals surface area (Å²) in [5, 5.41) is 18.4. The number of nitro benzene ring substituents is 1. The SMILES string of the molecule is COc1cc(F)c([N+](=O)[O-])cc1Nc1ncc2cc(Oc3ccc(F)cc3F)c(=O)n(-c3ccn(C)n3)c2n1. The average Bonchev–Trinajstić information content (AvgIpc) is 3.32. The standard InChI is InChI=1S/C24H16F3N7O5/c1-32-6-5-21(31-32)33-22-12(7-20(23(33)35)39-18-4-3-13(25)8-15(18)27)11-28-24(30-22)29-16-10-17(34(36)37)14(26)9-19(16)38-2/h3-11H,1-2H3,(H,28,29,30). The van der Waals surface area contributed by atoms with Crippen LogP contribution in [0.25, 0.3) is 16.9 Å². The zero-order chi connectivity index (χ0) is 27.8. The first-order chi connectivity index (χ1) is 18.6. The molecule has 0 saturated heterocycles. The van der Waals surface area contributed by atoms with Gasteiger partial charge in [-0.3, -0.25) is 19.6 Å². The second-order valence-corrected chi connectivity index (χ2v) is 8.03. The minimum Gasteiger partial charge on any atom is -0.494 e. The summed E-state index contributed by atoms with van der Waals surface area (Å²) in [7, 11) is 2.87. The molecule has 12 nitrogen and oxygen atoms in total. The highest BCUT2D eigenvalue weighted by molar-refractivity contribution is 5.79. The first kappa shape index (κ1) is 25.2. The first-order valence-corrected chi connectivity index (χ1v) is 11.0. The van der Waals surface area contributed by atoms with Crippen molar-refractivity contribution in [3.05, 3.63) is 92.8 Å². The number of benzene rings is 2. The van der Waals surface area contributed by atoms with Gasteiger partial charge in [0.05, 0.1) is 17.7 Å². The van der Waals surface area contributed by atoms with E-state index in [1.807, 2.05) is 0 Å². The summed E-state index contributed by atoms with van der Waals surface area (Å²) < 4.78 is 54.7. The normalized spacial score (nSPS) is 11.0. The highest BCUT2D eigenvalue weighted by Crippen LogP contribution is 2.33. The molecule has 0 bridgehead atoms. The number of fused-ring (bicyclic) bond motifs is 1. The lowest BCUT2D eigenvalue weighted by Gasteiger charge is -2.14. The van der Waals surface area contributed by atoms with Gasteiger partial charge in [-0.2, -0.15) is 14.5 Å². The Morgan fingerprint density at radius 1 is 1.03 bits per heavy atom. The molecule has 3 heterocycles. The van der Waals surface area contributed by atoms with E-state index >= 15 is 0 Å². The number of halogens is 3. The highest BCUT2D eigenvalue weighted by atomic mass is 19.1. The molecule has 15 heteroatoms. The lowest BCUT2D eigenvalue weighted by atomic mass is 10.2.